The van der Waals surface area contributed by atoms with E-state index in [1.54, 1.807) is 17.1 Å². The molecule has 0 atom stereocenters. The molecular weight excluding hydrogens is 308 g/mol. The highest BCUT2D eigenvalue weighted by Gasteiger charge is 2.31. The maximum absolute atomic E-state index is 12.6. The van der Waals surface area contributed by atoms with Crippen LogP contribution in [0.1, 0.15) is 43.1 Å². The third-order valence-corrected chi connectivity index (χ3v) is 4.83. The van der Waals surface area contributed by atoms with Gasteiger partial charge in [0.05, 0.1) is 25.0 Å². The molecule has 1 aromatic rings. The molecule has 2 saturated heterocycles. The second kappa shape index (κ2) is 7.34. The van der Waals surface area contributed by atoms with Crippen molar-refractivity contribution in [1.82, 2.24) is 19.6 Å². The van der Waals surface area contributed by atoms with E-state index >= 15 is 0 Å². The van der Waals surface area contributed by atoms with E-state index in [0.29, 0.717) is 45.0 Å². The SMILES string of the molecule is CC(C)n1cc(C(=O)N2CCC(C(=O)N3CCOCC3)CC2)cn1. The van der Waals surface area contributed by atoms with Gasteiger partial charge in [0.1, 0.15) is 0 Å². The molecule has 0 bridgehead atoms. The molecule has 24 heavy (non-hydrogen) atoms. The summed E-state index contributed by atoms with van der Waals surface area (Å²) in [6, 6.07) is 0.239. The van der Waals surface area contributed by atoms with Crippen molar-refractivity contribution < 1.29 is 14.3 Å². The Balaban J connectivity index is 1.54. The maximum atomic E-state index is 12.6. The van der Waals surface area contributed by atoms with Crippen LogP contribution in [0.5, 0.6) is 0 Å². The molecule has 0 aliphatic carbocycles. The van der Waals surface area contributed by atoms with Gasteiger partial charge in [-0.3, -0.25) is 14.3 Å². The molecule has 0 N–H and O–H groups in total. The van der Waals surface area contributed by atoms with Gasteiger partial charge in [-0.1, -0.05) is 0 Å². The smallest absolute Gasteiger partial charge is 0.257 e. The first-order chi connectivity index (χ1) is 11.6. The number of ether oxygens (including phenoxy) is 1. The molecule has 2 aliphatic heterocycles. The van der Waals surface area contributed by atoms with Crippen LogP contribution in [-0.2, 0) is 9.53 Å². The minimum absolute atomic E-state index is 0.0131. The molecule has 0 saturated carbocycles. The molecule has 132 valence electrons. The van der Waals surface area contributed by atoms with Crippen molar-refractivity contribution in [3.05, 3.63) is 18.0 Å². The van der Waals surface area contributed by atoms with Crippen LogP contribution in [0.25, 0.3) is 0 Å². The monoisotopic (exact) mass is 334 g/mol. The summed E-state index contributed by atoms with van der Waals surface area (Å²) < 4.78 is 7.09. The summed E-state index contributed by atoms with van der Waals surface area (Å²) in [6.45, 7) is 7.96. The average molecular weight is 334 g/mol. The molecule has 2 amide bonds. The van der Waals surface area contributed by atoms with Crippen LogP contribution in [0, 0.1) is 5.92 Å². The lowest BCUT2D eigenvalue weighted by Gasteiger charge is -2.35. The van der Waals surface area contributed by atoms with E-state index in [0.717, 1.165) is 12.8 Å². The van der Waals surface area contributed by atoms with Gasteiger partial charge in [-0.15, -0.1) is 0 Å². The Kier molecular flexibility index (Phi) is 5.18. The second-order valence-corrected chi connectivity index (χ2v) is 6.81. The number of rotatable bonds is 3. The molecule has 7 heteroatoms. The quantitative estimate of drug-likeness (QED) is 0.832. The van der Waals surface area contributed by atoms with Crippen molar-refractivity contribution >= 4 is 11.8 Å². The molecule has 1 aromatic heterocycles. The number of aromatic nitrogens is 2. The Morgan fingerprint density at radius 2 is 1.79 bits per heavy atom. The van der Waals surface area contributed by atoms with Gasteiger partial charge in [0.25, 0.3) is 5.91 Å². The number of carbonyl (C=O) groups is 2. The van der Waals surface area contributed by atoms with E-state index in [1.165, 1.54) is 0 Å². The summed E-state index contributed by atoms with van der Waals surface area (Å²) in [5.74, 6) is 0.266. The molecule has 7 nitrogen and oxygen atoms in total. The Morgan fingerprint density at radius 3 is 2.38 bits per heavy atom. The minimum atomic E-state index is 0.0131. The van der Waals surface area contributed by atoms with Gasteiger partial charge in [-0.2, -0.15) is 5.10 Å². The Hall–Kier alpha value is -1.89. The second-order valence-electron chi connectivity index (χ2n) is 6.81. The number of morpholine rings is 1. The van der Waals surface area contributed by atoms with Crippen LogP contribution >= 0.6 is 0 Å². The van der Waals surface area contributed by atoms with E-state index in [9.17, 15) is 9.59 Å². The molecule has 0 unspecified atom stereocenters. The first kappa shape index (κ1) is 17.0. The van der Waals surface area contributed by atoms with E-state index in [4.69, 9.17) is 4.74 Å². The standard InChI is InChI=1S/C17H26N4O3/c1-13(2)21-12-15(11-18-21)17(23)19-5-3-14(4-6-19)16(22)20-7-9-24-10-8-20/h11-14H,3-10H2,1-2H3. The van der Waals surface area contributed by atoms with Gasteiger partial charge in [0.15, 0.2) is 0 Å². The van der Waals surface area contributed by atoms with E-state index in [2.05, 4.69) is 5.10 Å². The molecule has 2 aliphatic rings. The van der Waals surface area contributed by atoms with Gasteiger partial charge >= 0.3 is 0 Å². The van der Waals surface area contributed by atoms with Crippen LogP contribution in [0.3, 0.4) is 0 Å². The van der Waals surface area contributed by atoms with E-state index < -0.39 is 0 Å². The Labute approximate surface area is 142 Å². The molecule has 0 radical (unpaired) electrons. The van der Waals surface area contributed by atoms with Crippen molar-refractivity contribution in [3.8, 4) is 0 Å². The molecule has 0 aromatic carbocycles. The first-order valence-corrected chi connectivity index (χ1v) is 8.76. The number of hydrogen-bond donors (Lipinski definition) is 0. The largest absolute Gasteiger partial charge is 0.378 e. The Morgan fingerprint density at radius 1 is 1.12 bits per heavy atom. The van der Waals surface area contributed by atoms with E-state index in [-0.39, 0.29) is 23.8 Å². The third kappa shape index (κ3) is 3.61. The van der Waals surface area contributed by atoms with Gasteiger partial charge in [0.2, 0.25) is 5.91 Å². The number of amides is 2. The zero-order valence-electron chi connectivity index (χ0n) is 14.5. The summed E-state index contributed by atoms with van der Waals surface area (Å²) in [4.78, 5) is 28.8. The lowest BCUT2D eigenvalue weighted by atomic mass is 9.94. The van der Waals surface area contributed by atoms with Gasteiger partial charge in [0, 0.05) is 44.3 Å². The molecule has 3 rings (SSSR count). The van der Waals surface area contributed by atoms with Crippen molar-refractivity contribution in [3.63, 3.8) is 0 Å². The lowest BCUT2D eigenvalue weighted by Crippen LogP contribution is -2.47. The Bertz CT molecular complexity index is 584. The summed E-state index contributed by atoms with van der Waals surface area (Å²) in [7, 11) is 0. The van der Waals surface area contributed by atoms with Crippen LogP contribution in [0.2, 0.25) is 0 Å². The summed E-state index contributed by atoms with van der Waals surface area (Å²) in [6.07, 6.45) is 4.91. The number of nitrogens with zero attached hydrogens (tertiary/aromatic N) is 4. The summed E-state index contributed by atoms with van der Waals surface area (Å²) >= 11 is 0. The third-order valence-electron chi connectivity index (χ3n) is 4.83. The van der Waals surface area contributed by atoms with Gasteiger partial charge in [-0.25, -0.2) is 0 Å². The number of likely N-dealkylation sites (tertiary alicyclic amines) is 1. The van der Waals surface area contributed by atoms with Crippen molar-refractivity contribution in [2.24, 2.45) is 5.92 Å². The summed E-state index contributed by atoms with van der Waals surface area (Å²) in [5, 5.41) is 4.23. The van der Waals surface area contributed by atoms with Crippen molar-refractivity contribution in [2.45, 2.75) is 32.7 Å². The highest BCUT2D eigenvalue weighted by Crippen LogP contribution is 2.22. The highest BCUT2D eigenvalue weighted by molar-refractivity contribution is 5.94. The number of hydrogen-bond acceptors (Lipinski definition) is 4. The van der Waals surface area contributed by atoms with Gasteiger partial charge in [-0.05, 0) is 26.7 Å². The molecule has 3 heterocycles. The zero-order chi connectivity index (χ0) is 17.1. The lowest BCUT2D eigenvalue weighted by molar-refractivity contribution is -0.141. The van der Waals surface area contributed by atoms with Gasteiger partial charge < -0.3 is 14.5 Å². The minimum Gasteiger partial charge on any atom is -0.378 e. The van der Waals surface area contributed by atoms with Crippen LogP contribution < -0.4 is 0 Å². The first-order valence-electron chi connectivity index (χ1n) is 8.76. The predicted molar refractivity (Wildman–Crippen MR) is 88.6 cm³/mol. The summed E-state index contributed by atoms with van der Waals surface area (Å²) in [5.41, 5.74) is 0.627. The zero-order valence-corrected chi connectivity index (χ0v) is 14.5. The normalized spacial score (nSPS) is 19.8. The average Bonchev–Trinajstić information content (AvgIpc) is 3.12. The van der Waals surface area contributed by atoms with Crippen LogP contribution in [0.4, 0.5) is 0 Å². The molecule has 2 fully saturated rings. The predicted octanol–water partition coefficient (Wildman–Crippen LogP) is 1.17. The fourth-order valence-electron chi connectivity index (χ4n) is 3.28. The fourth-order valence-corrected chi connectivity index (χ4v) is 3.28. The van der Waals surface area contributed by atoms with Crippen LogP contribution in [0.15, 0.2) is 12.4 Å². The fraction of sp³-hybridized carbons (Fsp3) is 0.706. The number of piperidine rings is 1. The number of carbonyl (C=O) groups excluding carboxylic acids is 2. The van der Waals surface area contributed by atoms with Crippen LogP contribution in [-0.4, -0.2) is 70.8 Å². The maximum Gasteiger partial charge on any atom is 0.257 e. The highest BCUT2D eigenvalue weighted by atomic mass is 16.5. The van der Waals surface area contributed by atoms with Crippen molar-refractivity contribution in [1.29, 1.82) is 0 Å². The van der Waals surface area contributed by atoms with Crippen molar-refractivity contribution in [2.75, 3.05) is 39.4 Å². The molecule has 0 spiro atoms. The molecular formula is C17H26N4O3. The van der Waals surface area contributed by atoms with E-state index in [1.807, 2.05) is 23.6 Å². The topological polar surface area (TPSA) is 67.7 Å².